The zero-order valence-electron chi connectivity index (χ0n) is 11.4. The standard InChI is InChI=1S/C13H17F3N4O/c14-13(15,16)11-5-1-3-9(19-11)8-18-12(21)20-6-2-4-10(20)7-17/h1,3,5,10H,2,4,6-8,17H2,(H,18,21). The minimum atomic E-state index is -4.49. The number of aromatic nitrogens is 1. The number of nitrogens with zero attached hydrogens (tertiary/aromatic N) is 2. The Hall–Kier alpha value is -1.83. The molecular weight excluding hydrogens is 285 g/mol. The van der Waals surface area contributed by atoms with Gasteiger partial charge in [0.25, 0.3) is 0 Å². The number of nitrogens with two attached hydrogens (primary N) is 1. The molecule has 8 heteroatoms. The number of urea groups is 1. The molecule has 0 radical (unpaired) electrons. The van der Waals surface area contributed by atoms with Crippen LogP contribution in [0.5, 0.6) is 0 Å². The monoisotopic (exact) mass is 302 g/mol. The summed E-state index contributed by atoms with van der Waals surface area (Å²) in [6.45, 7) is 0.954. The van der Waals surface area contributed by atoms with Crippen molar-refractivity contribution in [1.82, 2.24) is 15.2 Å². The third-order valence-electron chi connectivity index (χ3n) is 3.43. The maximum absolute atomic E-state index is 12.5. The molecule has 2 heterocycles. The van der Waals surface area contributed by atoms with E-state index in [4.69, 9.17) is 5.73 Å². The number of pyridine rings is 1. The molecule has 2 amide bonds. The summed E-state index contributed by atoms with van der Waals surface area (Å²) in [6, 6.07) is 3.30. The van der Waals surface area contributed by atoms with E-state index in [0.29, 0.717) is 13.1 Å². The zero-order valence-corrected chi connectivity index (χ0v) is 11.4. The molecule has 3 N–H and O–H groups in total. The zero-order chi connectivity index (χ0) is 15.5. The summed E-state index contributed by atoms with van der Waals surface area (Å²) in [5.74, 6) is 0. The Morgan fingerprint density at radius 2 is 2.24 bits per heavy atom. The number of nitrogens with one attached hydrogen (secondary N) is 1. The number of alkyl halides is 3. The fourth-order valence-electron chi connectivity index (χ4n) is 2.35. The molecule has 0 saturated carbocycles. The second kappa shape index (κ2) is 6.30. The number of halogens is 3. The smallest absolute Gasteiger partial charge is 0.332 e. The Labute approximate surface area is 120 Å². The van der Waals surface area contributed by atoms with Crippen molar-refractivity contribution in [1.29, 1.82) is 0 Å². The van der Waals surface area contributed by atoms with Gasteiger partial charge < -0.3 is 16.0 Å². The number of hydrogen-bond donors (Lipinski definition) is 2. The van der Waals surface area contributed by atoms with Crippen LogP contribution in [0.1, 0.15) is 24.2 Å². The first-order valence-electron chi connectivity index (χ1n) is 6.69. The van der Waals surface area contributed by atoms with Crippen LogP contribution in [0, 0.1) is 0 Å². The van der Waals surface area contributed by atoms with Gasteiger partial charge in [0.2, 0.25) is 0 Å². The maximum atomic E-state index is 12.5. The van der Waals surface area contributed by atoms with Crippen LogP contribution < -0.4 is 11.1 Å². The molecule has 0 aliphatic carbocycles. The normalized spacial score (nSPS) is 18.9. The van der Waals surface area contributed by atoms with Crippen LogP contribution in [-0.2, 0) is 12.7 Å². The number of carbonyl (C=O) groups excluding carboxylic acids is 1. The van der Waals surface area contributed by atoms with Gasteiger partial charge in [-0.1, -0.05) is 6.07 Å². The molecule has 21 heavy (non-hydrogen) atoms. The fraction of sp³-hybridized carbons (Fsp3) is 0.538. The summed E-state index contributed by atoms with van der Waals surface area (Å²) < 4.78 is 37.6. The highest BCUT2D eigenvalue weighted by molar-refractivity contribution is 5.74. The van der Waals surface area contributed by atoms with Crippen molar-refractivity contribution >= 4 is 6.03 Å². The molecule has 1 aliphatic rings. The first kappa shape index (κ1) is 15.6. The van der Waals surface area contributed by atoms with Crippen LogP contribution in [0.3, 0.4) is 0 Å². The molecule has 1 aromatic heterocycles. The lowest BCUT2D eigenvalue weighted by atomic mass is 10.2. The molecule has 1 saturated heterocycles. The largest absolute Gasteiger partial charge is 0.433 e. The van der Waals surface area contributed by atoms with Gasteiger partial charge in [0.05, 0.1) is 12.2 Å². The van der Waals surface area contributed by atoms with Gasteiger partial charge in [-0.3, -0.25) is 0 Å². The topological polar surface area (TPSA) is 71.2 Å². The van der Waals surface area contributed by atoms with Gasteiger partial charge in [-0.2, -0.15) is 13.2 Å². The van der Waals surface area contributed by atoms with Crippen molar-refractivity contribution in [2.45, 2.75) is 31.6 Å². The molecule has 1 aromatic rings. The lowest BCUT2D eigenvalue weighted by Crippen LogP contribution is -2.45. The van der Waals surface area contributed by atoms with Crippen LogP contribution in [-0.4, -0.2) is 35.0 Å². The van der Waals surface area contributed by atoms with Gasteiger partial charge in [-0.05, 0) is 25.0 Å². The lowest BCUT2D eigenvalue weighted by molar-refractivity contribution is -0.141. The Kier molecular flexibility index (Phi) is 4.66. The molecule has 1 aliphatic heterocycles. The Morgan fingerprint density at radius 1 is 1.48 bits per heavy atom. The minimum absolute atomic E-state index is 0.000492. The molecule has 0 spiro atoms. The van der Waals surface area contributed by atoms with Crippen LogP contribution in [0.25, 0.3) is 0 Å². The number of carbonyl (C=O) groups is 1. The SMILES string of the molecule is NCC1CCCN1C(=O)NCc1cccc(C(F)(F)F)n1. The first-order chi connectivity index (χ1) is 9.91. The van der Waals surface area contributed by atoms with Crippen LogP contribution in [0.4, 0.5) is 18.0 Å². The van der Waals surface area contributed by atoms with Gasteiger partial charge >= 0.3 is 12.2 Å². The van der Waals surface area contributed by atoms with Crippen molar-refractivity contribution in [3.8, 4) is 0 Å². The second-order valence-corrected chi connectivity index (χ2v) is 4.90. The summed E-state index contributed by atoms with van der Waals surface area (Å²) >= 11 is 0. The van der Waals surface area contributed by atoms with E-state index in [0.717, 1.165) is 18.9 Å². The summed E-state index contributed by atoms with van der Waals surface area (Å²) in [5, 5.41) is 2.59. The summed E-state index contributed by atoms with van der Waals surface area (Å²) in [7, 11) is 0. The Balaban J connectivity index is 1.95. The summed E-state index contributed by atoms with van der Waals surface area (Å²) in [5.41, 5.74) is 4.78. The fourth-order valence-corrected chi connectivity index (χ4v) is 2.35. The van der Waals surface area contributed by atoms with E-state index in [1.165, 1.54) is 12.1 Å². The van der Waals surface area contributed by atoms with Crippen LogP contribution in [0.2, 0.25) is 0 Å². The van der Waals surface area contributed by atoms with Crippen molar-refractivity contribution in [3.05, 3.63) is 29.6 Å². The van der Waals surface area contributed by atoms with Gasteiger partial charge in [0.15, 0.2) is 0 Å². The van der Waals surface area contributed by atoms with Crippen molar-refractivity contribution in [2.75, 3.05) is 13.1 Å². The van der Waals surface area contributed by atoms with Gasteiger partial charge in [-0.15, -0.1) is 0 Å². The van der Waals surface area contributed by atoms with Gasteiger partial charge in [0.1, 0.15) is 5.69 Å². The number of likely N-dealkylation sites (tertiary alicyclic amines) is 1. The highest BCUT2D eigenvalue weighted by Crippen LogP contribution is 2.27. The second-order valence-electron chi connectivity index (χ2n) is 4.90. The van der Waals surface area contributed by atoms with E-state index in [1.54, 1.807) is 4.90 Å². The third-order valence-corrected chi connectivity index (χ3v) is 3.43. The highest BCUT2D eigenvalue weighted by atomic mass is 19.4. The van der Waals surface area contributed by atoms with E-state index in [2.05, 4.69) is 10.3 Å². The van der Waals surface area contributed by atoms with Crippen LogP contribution >= 0.6 is 0 Å². The number of amides is 2. The van der Waals surface area contributed by atoms with Crippen LogP contribution in [0.15, 0.2) is 18.2 Å². The Morgan fingerprint density at radius 3 is 2.90 bits per heavy atom. The molecule has 1 atom stereocenters. The van der Waals surface area contributed by atoms with Crippen molar-refractivity contribution < 1.29 is 18.0 Å². The van der Waals surface area contributed by atoms with E-state index in [-0.39, 0.29) is 24.3 Å². The predicted molar refractivity (Wildman–Crippen MR) is 70.3 cm³/mol. The molecule has 5 nitrogen and oxygen atoms in total. The van der Waals surface area contributed by atoms with Crippen molar-refractivity contribution in [3.63, 3.8) is 0 Å². The Bertz CT molecular complexity index is 506. The van der Waals surface area contributed by atoms with E-state index < -0.39 is 11.9 Å². The summed E-state index contributed by atoms with van der Waals surface area (Å²) in [4.78, 5) is 17.1. The molecule has 0 aromatic carbocycles. The van der Waals surface area contributed by atoms with E-state index >= 15 is 0 Å². The molecule has 0 bridgehead atoms. The van der Waals surface area contributed by atoms with Gasteiger partial charge in [0, 0.05) is 19.1 Å². The molecule has 2 rings (SSSR count). The lowest BCUT2D eigenvalue weighted by Gasteiger charge is -2.23. The molecule has 1 unspecified atom stereocenters. The number of rotatable bonds is 3. The molecule has 116 valence electrons. The average Bonchev–Trinajstić information content (AvgIpc) is 2.92. The van der Waals surface area contributed by atoms with Gasteiger partial charge in [-0.25, -0.2) is 9.78 Å². The predicted octanol–water partition coefficient (Wildman–Crippen LogP) is 1.73. The van der Waals surface area contributed by atoms with E-state index in [1.807, 2.05) is 0 Å². The molecule has 1 fully saturated rings. The maximum Gasteiger partial charge on any atom is 0.433 e. The average molecular weight is 302 g/mol. The number of hydrogen-bond acceptors (Lipinski definition) is 3. The third kappa shape index (κ3) is 3.84. The van der Waals surface area contributed by atoms with E-state index in [9.17, 15) is 18.0 Å². The molecular formula is C13H17F3N4O. The summed E-state index contributed by atoms with van der Waals surface area (Å²) in [6.07, 6.45) is -2.75. The van der Waals surface area contributed by atoms with Crippen molar-refractivity contribution in [2.24, 2.45) is 5.73 Å². The minimum Gasteiger partial charge on any atom is -0.332 e. The highest BCUT2D eigenvalue weighted by Gasteiger charge is 2.32. The first-order valence-corrected chi connectivity index (χ1v) is 6.69. The quantitative estimate of drug-likeness (QED) is 0.893.